The van der Waals surface area contributed by atoms with Crippen LogP contribution in [0.3, 0.4) is 0 Å². The molecule has 0 N–H and O–H groups in total. The van der Waals surface area contributed by atoms with Crippen LogP contribution in [0.4, 0.5) is 0 Å². The van der Waals surface area contributed by atoms with Gasteiger partial charge in [0.2, 0.25) is 21.8 Å². The van der Waals surface area contributed by atoms with Gasteiger partial charge in [-0.05, 0) is 56.2 Å². The maximum Gasteiger partial charge on any atom is 0.246 e. The summed E-state index contributed by atoms with van der Waals surface area (Å²) in [6.07, 6.45) is 0.287. The maximum absolute atomic E-state index is 14.1. The molecule has 3 heterocycles. The Labute approximate surface area is 238 Å². The Balaban J connectivity index is 1.61. The Bertz CT molecular complexity index is 1350. The van der Waals surface area contributed by atoms with Crippen LogP contribution in [0.15, 0.2) is 47.4 Å². The lowest BCUT2D eigenvalue weighted by Crippen LogP contribution is -2.77. The van der Waals surface area contributed by atoms with Crippen molar-refractivity contribution < 1.29 is 18.0 Å². The highest BCUT2D eigenvalue weighted by molar-refractivity contribution is 7.89. The van der Waals surface area contributed by atoms with Gasteiger partial charge in [-0.2, -0.15) is 4.31 Å². The first-order chi connectivity index (χ1) is 18.0. The highest BCUT2D eigenvalue weighted by Gasteiger charge is 2.55. The van der Waals surface area contributed by atoms with Crippen LogP contribution < -0.4 is 0 Å². The quantitative estimate of drug-likeness (QED) is 0.506. The molecular weight excluding hydrogens is 571 g/mol. The SMILES string of the molecule is CC(C)N1CC2N(C(=O)C(N3CCC3)CN2S(=O)(=O)c2ccc(Cl)cc2Cl)C(Cc2ccc(Cl)cc2)C1=O. The van der Waals surface area contributed by atoms with Gasteiger partial charge in [0.05, 0.1) is 11.6 Å². The van der Waals surface area contributed by atoms with E-state index >= 15 is 0 Å². The van der Waals surface area contributed by atoms with E-state index in [1.54, 1.807) is 17.0 Å². The van der Waals surface area contributed by atoms with Crippen molar-refractivity contribution in [3.63, 3.8) is 0 Å². The molecule has 2 aromatic carbocycles. The lowest BCUT2D eigenvalue weighted by molar-refractivity contribution is -0.173. The number of carbonyl (C=O) groups excluding carboxylic acids is 2. The molecule has 12 heteroatoms. The zero-order valence-electron chi connectivity index (χ0n) is 21.1. The number of fused-ring (bicyclic) bond motifs is 1. The molecule has 0 spiro atoms. The molecule has 0 aliphatic carbocycles. The highest BCUT2D eigenvalue weighted by atomic mass is 35.5. The van der Waals surface area contributed by atoms with Crippen molar-refractivity contribution in [3.8, 4) is 0 Å². The normalized spacial score (nSPS) is 25.1. The van der Waals surface area contributed by atoms with Crippen molar-refractivity contribution >= 4 is 56.6 Å². The third-order valence-corrected chi connectivity index (χ3v) is 10.4. The summed E-state index contributed by atoms with van der Waals surface area (Å²) in [5.41, 5.74) is 0.825. The molecule has 5 rings (SSSR count). The average Bonchev–Trinajstić information content (AvgIpc) is 2.81. The molecule has 0 saturated carbocycles. The van der Waals surface area contributed by atoms with Gasteiger partial charge in [-0.3, -0.25) is 14.5 Å². The zero-order valence-corrected chi connectivity index (χ0v) is 24.1. The monoisotopic (exact) mass is 598 g/mol. The van der Waals surface area contributed by atoms with Gasteiger partial charge in [0.25, 0.3) is 0 Å². The van der Waals surface area contributed by atoms with Gasteiger partial charge in [0, 0.05) is 42.1 Å². The topological polar surface area (TPSA) is 81.2 Å². The molecule has 3 fully saturated rings. The van der Waals surface area contributed by atoms with Crippen molar-refractivity contribution in [2.75, 3.05) is 26.2 Å². The Morgan fingerprint density at radius 2 is 1.58 bits per heavy atom. The van der Waals surface area contributed by atoms with E-state index in [2.05, 4.69) is 0 Å². The molecule has 3 atom stereocenters. The molecule has 3 saturated heterocycles. The van der Waals surface area contributed by atoms with E-state index in [-0.39, 0.29) is 47.3 Å². The summed E-state index contributed by atoms with van der Waals surface area (Å²) < 4.78 is 29.6. The first kappa shape index (κ1) is 27.7. The molecule has 3 unspecified atom stereocenters. The molecule has 3 aliphatic rings. The smallest absolute Gasteiger partial charge is 0.246 e. The molecule has 0 aromatic heterocycles. The number of hydrogen-bond donors (Lipinski definition) is 0. The number of nitrogens with zero attached hydrogens (tertiary/aromatic N) is 4. The van der Waals surface area contributed by atoms with E-state index in [1.165, 1.54) is 27.4 Å². The first-order valence-corrected chi connectivity index (χ1v) is 15.1. The minimum Gasteiger partial charge on any atom is -0.335 e. The Hall–Kier alpha value is -1.88. The van der Waals surface area contributed by atoms with E-state index in [1.807, 2.05) is 30.9 Å². The molecule has 0 bridgehead atoms. The molecule has 3 aliphatic heterocycles. The lowest BCUT2D eigenvalue weighted by atomic mass is 9.95. The van der Waals surface area contributed by atoms with Crippen LogP contribution in [0, 0.1) is 0 Å². The fourth-order valence-electron chi connectivity index (χ4n) is 5.43. The highest BCUT2D eigenvalue weighted by Crippen LogP contribution is 2.36. The summed E-state index contributed by atoms with van der Waals surface area (Å²) in [7, 11) is -4.16. The Morgan fingerprint density at radius 1 is 0.921 bits per heavy atom. The Kier molecular flexibility index (Phi) is 7.72. The van der Waals surface area contributed by atoms with Crippen molar-refractivity contribution in [3.05, 3.63) is 63.1 Å². The molecule has 2 aromatic rings. The first-order valence-electron chi connectivity index (χ1n) is 12.6. The predicted molar refractivity (Wildman–Crippen MR) is 147 cm³/mol. The van der Waals surface area contributed by atoms with Crippen LogP contribution in [0.1, 0.15) is 25.8 Å². The third kappa shape index (κ3) is 4.93. The number of benzene rings is 2. The van der Waals surface area contributed by atoms with Crippen molar-refractivity contribution in [2.45, 2.75) is 55.9 Å². The number of rotatable bonds is 6. The van der Waals surface area contributed by atoms with Crippen LogP contribution >= 0.6 is 34.8 Å². The molecule has 2 amide bonds. The minimum atomic E-state index is -4.16. The second-order valence-electron chi connectivity index (χ2n) is 10.2. The average molecular weight is 600 g/mol. The Morgan fingerprint density at radius 3 is 2.16 bits per heavy atom. The molecule has 38 heavy (non-hydrogen) atoms. The fourth-order valence-corrected chi connectivity index (χ4v) is 7.88. The summed E-state index contributed by atoms with van der Waals surface area (Å²) >= 11 is 18.5. The predicted octanol–water partition coefficient (Wildman–Crippen LogP) is 3.74. The van der Waals surface area contributed by atoms with Crippen LogP contribution in [0.5, 0.6) is 0 Å². The third-order valence-electron chi connectivity index (χ3n) is 7.59. The molecule has 8 nitrogen and oxygen atoms in total. The van der Waals surface area contributed by atoms with E-state index in [4.69, 9.17) is 34.8 Å². The summed E-state index contributed by atoms with van der Waals surface area (Å²) in [6.45, 7) is 5.20. The van der Waals surface area contributed by atoms with Crippen LogP contribution in [0.25, 0.3) is 0 Å². The number of halogens is 3. The molecule has 204 valence electrons. The second kappa shape index (κ2) is 10.6. The van der Waals surface area contributed by atoms with Gasteiger partial charge in [0.1, 0.15) is 23.1 Å². The van der Waals surface area contributed by atoms with E-state index < -0.39 is 28.3 Å². The summed E-state index contributed by atoms with van der Waals surface area (Å²) in [5.74, 6) is -0.426. The zero-order chi connectivity index (χ0) is 27.4. The van der Waals surface area contributed by atoms with E-state index in [0.29, 0.717) is 23.1 Å². The second-order valence-corrected chi connectivity index (χ2v) is 13.4. The molecular formula is C26H29Cl3N4O4S. The van der Waals surface area contributed by atoms with Gasteiger partial charge in [-0.1, -0.05) is 46.9 Å². The standard InChI is InChI=1S/C26H29Cl3N4O4S/c1-16(2)31-15-24-32(38(36,37)23-9-8-19(28)13-20(23)29)14-22(30-10-3-11-30)26(35)33(24)21(25(31)34)12-17-4-6-18(27)7-5-17/h4-9,13,16,21-22,24H,3,10-12,14-15H2,1-2H3. The van der Waals surface area contributed by atoms with Gasteiger partial charge < -0.3 is 9.80 Å². The van der Waals surface area contributed by atoms with E-state index in [0.717, 1.165) is 12.0 Å². The number of amides is 2. The van der Waals surface area contributed by atoms with Crippen LogP contribution in [-0.2, 0) is 26.0 Å². The summed E-state index contributed by atoms with van der Waals surface area (Å²) in [4.78, 5) is 32.9. The van der Waals surface area contributed by atoms with Crippen molar-refractivity contribution in [1.82, 2.24) is 19.0 Å². The number of sulfonamides is 1. The largest absolute Gasteiger partial charge is 0.335 e. The van der Waals surface area contributed by atoms with Gasteiger partial charge in [-0.25, -0.2) is 8.42 Å². The lowest BCUT2D eigenvalue weighted by Gasteiger charge is -2.56. The number of likely N-dealkylation sites (tertiary alicyclic amines) is 1. The fraction of sp³-hybridized carbons (Fsp3) is 0.462. The van der Waals surface area contributed by atoms with E-state index in [9.17, 15) is 18.0 Å². The van der Waals surface area contributed by atoms with Gasteiger partial charge in [0.15, 0.2) is 0 Å². The maximum atomic E-state index is 14.1. The number of piperazine rings is 1. The van der Waals surface area contributed by atoms with Gasteiger partial charge in [-0.15, -0.1) is 0 Å². The summed E-state index contributed by atoms with van der Waals surface area (Å²) in [6, 6.07) is 9.63. The van der Waals surface area contributed by atoms with Gasteiger partial charge >= 0.3 is 0 Å². The number of hydrogen-bond acceptors (Lipinski definition) is 5. The van der Waals surface area contributed by atoms with Crippen LogP contribution in [0.2, 0.25) is 15.1 Å². The van der Waals surface area contributed by atoms with Crippen LogP contribution in [-0.4, -0.2) is 89.7 Å². The van der Waals surface area contributed by atoms with Crippen molar-refractivity contribution in [2.24, 2.45) is 0 Å². The number of carbonyl (C=O) groups is 2. The van der Waals surface area contributed by atoms with Crippen molar-refractivity contribution in [1.29, 1.82) is 0 Å². The summed E-state index contributed by atoms with van der Waals surface area (Å²) in [5, 5.41) is 0.890. The molecule has 0 radical (unpaired) electrons. The minimum absolute atomic E-state index is 0.00626.